The molecule has 1 saturated heterocycles. The van der Waals surface area contributed by atoms with Crippen LogP contribution in [0.3, 0.4) is 0 Å². The van der Waals surface area contributed by atoms with E-state index >= 15 is 0 Å². The monoisotopic (exact) mass is 447 g/mol. The van der Waals surface area contributed by atoms with E-state index in [-0.39, 0.29) is 15.6 Å². The number of aromatic nitrogens is 4. The highest BCUT2D eigenvalue weighted by Crippen LogP contribution is 2.34. The predicted octanol–water partition coefficient (Wildman–Crippen LogP) is 4.21. The number of anilines is 1. The molecule has 4 heterocycles. The Morgan fingerprint density at radius 2 is 1.86 bits per heavy atom. The second-order valence-electron chi connectivity index (χ2n) is 7.06. The van der Waals surface area contributed by atoms with E-state index in [4.69, 9.17) is 16.6 Å². The number of rotatable bonds is 3. The number of hydrogen-bond acceptors (Lipinski definition) is 7. The maximum absolute atomic E-state index is 13.3. The molecule has 0 unspecified atom stereocenters. The Kier molecular flexibility index (Phi) is 4.68. The third-order valence-electron chi connectivity index (χ3n) is 5.17. The van der Waals surface area contributed by atoms with Crippen LogP contribution in [0, 0.1) is 0 Å². The number of benzene rings is 1. The SMILES string of the molecule is O=S(=O)(c1cccc(Cl)c1)c1nnn2c1nc(N1CCCCCC1)c1sccc12. The van der Waals surface area contributed by atoms with Crippen molar-refractivity contribution in [3.05, 3.63) is 40.7 Å². The largest absolute Gasteiger partial charge is 0.355 e. The molecule has 0 aliphatic carbocycles. The van der Waals surface area contributed by atoms with E-state index in [0.29, 0.717) is 5.02 Å². The molecule has 29 heavy (non-hydrogen) atoms. The summed E-state index contributed by atoms with van der Waals surface area (Å²) in [6.07, 6.45) is 4.61. The second kappa shape index (κ2) is 7.23. The van der Waals surface area contributed by atoms with Gasteiger partial charge in [-0.25, -0.2) is 13.4 Å². The molecule has 0 atom stereocenters. The summed E-state index contributed by atoms with van der Waals surface area (Å²) in [7, 11) is -3.91. The lowest BCUT2D eigenvalue weighted by Crippen LogP contribution is -2.25. The van der Waals surface area contributed by atoms with E-state index < -0.39 is 9.84 Å². The number of fused-ring (bicyclic) bond motifs is 3. The van der Waals surface area contributed by atoms with Crippen LogP contribution in [0.2, 0.25) is 5.02 Å². The molecule has 5 rings (SSSR count). The first-order valence-corrected chi connectivity index (χ1v) is 12.2. The molecule has 3 aromatic heterocycles. The molecule has 0 bridgehead atoms. The van der Waals surface area contributed by atoms with E-state index in [2.05, 4.69) is 15.2 Å². The molecule has 7 nitrogen and oxygen atoms in total. The van der Waals surface area contributed by atoms with Crippen LogP contribution in [0.4, 0.5) is 5.82 Å². The molecular formula is C19H18ClN5O2S2. The van der Waals surface area contributed by atoms with Gasteiger partial charge < -0.3 is 4.90 Å². The van der Waals surface area contributed by atoms with Gasteiger partial charge in [-0.2, -0.15) is 4.52 Å². The first kappa shape index (κ1) is 18.8. The maximum Gasteiger partial charge on any atom is 0.229 e. The molecule has 150 valence electrons. The van der Waals surface area contributed by atoms with Crippen molar-refractivity contribution in [1.82, 2.24) is 19.8 Å². The minimum atomic E-state index is -3.91. The molecule has 0 amide bonds. The van der Waals surface area contributed by atoms with Crippen molar-refractivity contribution in [3.63, 3.8) is 0 Å². The van der Waals surface area contributed by atoms with E-state index in [0.717, 1.165) is 42.0 Å². The molecule has 1 aromatic carbocycles. The van der Waals surface area contributed by atoms with Gasteiger partial charge in [0.25, 0.3) is 0 Å². The number of thiophene rings is 1. The van der Waals surface area contributed by atoms with Crippen LogP contribution in [0.15, 0.2) is 45.6 Å². The van der Waals surface area contributed by atoms with Crippen molar-refractivity contribution >= 4 is 54.5 Å². The van der Waals surface area contributed by atoms with E-state index in [1.165, 1.54) is 29.5 Å². The summed E-state index contributed by atoms with van der Waals surface area (Å²) >= 11 is 7.59. The lowest BCUT2D eigenvalue weighted by Gasteiger charge is -2.22. The first-order valence-electron chi connectivity index (χ1n) is 9.44. The summed E-state index contributed by atoms with van der Waals surface area (Å²) in [5.41, 5.74) is 1.06. The average molecular weight is 448 g/mol. The molecule has 0 saturated carbocycles. The molecular weight excluding hydrogens is 430 g/mol. The van der Waals surface area contributed by atoms with Gasteiger partial charge >= 0.3 is 0 Å². The second-order valence-corrected chi connectivity index (χ2v) is 10.3. The Balaban J connectivity index is 1.73. The fourth-order valence-electron chi connectivity index (χ4n) is 3.72. The van der Waals surface area contributed by atoms with Crippen molar-refractivity contribution in [2.24, 2.45) is 0 Å². The number of sulfone groups is 1. The molecule has 0 N–H and O–H groups in total. The summed E-state index contributed by atoms with van der Waals surface area (Å²) in [6.45, 7) is 1.82. The highest BCUT2D eigenvalue weighted by Gasteiger charge is 2.28. The van der Waals surface area contributed by atoms with Gasteiger partial charge in [-0.3, -0.25) is 0 Å². The molecule has 0 radical (unpaired) electrons. The Hall–Kier alpha value is -2.23. The Bertz CT molecular complexity index is 1310. The minimum absolute atomic E-state index is 0.0796. The fourth-order valence-corrected chi connectivity index (χ4v) is 6.15. The van der Waals surface area contributed by atoms with Crippen LogP contribution < -0.4 is 4.90 Å². The highest BCUT2D eigenvalue weighted by atomic mass is 35.5. The van der Waals surface area contributed by atoms with Crippen LogP contribution in [0.25, 0.3) is 15.9 Å². The minimum Gasteiger partial charge on any atom is -0.355 e. The summed E-state index contributed by atoms with van der Waals surface area (Å²) in [6, 6.07) is 8.09. The molecule has 4 aromatic rings. The number of hydrogen-bond donors (Lipinski definition) is 0. The van der Waals surface area contributed by atoms with Gasteiger partial charge in [0.05, 0.1) is 15.1 Å². The third-order valence-corrected chi connectivity index (χ3v) is 7.95. The van der Waals surface area contributed by atoms with Crippen molar-refractivity contribution in [3.8, 4) is 0 Å². The van der Waals surface area contributed by atoms with Crippen molar-refractivity contribution < 1.29 is 8.42 Å². The normalized spacial score (nSPS) is 15.8. The van der Waals surface area contributed by atoms with Gasteiger partial charge in [0.1, 0.15) is 0 Å². The van der Waals surface area contributed by atoms with E-state index in [1.807, 2.05) is 11.4 Å². The van der Waals surface area contributed by atoms with Gasteiger partial charge in [0.2, 0.25) is 14.9 Å². The molecule has 1 fully saturated rings. The van der Waals surface area contributed by atoms with Gasteiger partial charge in [0, 0.05) is 18.1 Å². The highest BCUT2D eigenvalue weighted by molar-refractivity contribution is 7.91. The zero-order valence-electron chi connectivity index (χ0n) is 15.5. The van der Waals surface area contributed by atoms with Crippen LogP contribution in [0.1, 0.15) is 25.7 Å². The summed E-state index contributed by atoms with van der Waals surface area (Å²) in [5.74, 6) is 0.814. The number of halogens is 1. The Morgan fingerprint density at radius 3 is 2.62 bits per heavy atom. The van der Waals surface area contributed by atoms with Gasteiger partial charge in [-0.05, 0) is 42.5 Å². The molecule has 1 aliphatic heterocycles. The molecule has 10 heteroatoms. The van der Waals surface area contributed by atoms with E-state index in [9.17, 15) is 8.42 Å². The average Bonchev–Trinajstić information content (AvgIpc) is 3.27. The van der Waals surface area contributed by atoms with Crippen LogP contribution in [-0.2, 0) is 9.84 Å². The van der Waals surface area contributed by atoms with Gasteiger partial charge in [0.15, 0.2) is 11.5 Å². The predicted molar refractivity (Wildman–Crippen MR) is 114 cm³/mol. The Labute approximate surface area is 176 Å². The summed E-state index contributed by atoms with van der Waals surface area (Å²) in [5, 5.41) is 10.3. The van der Waals surface area contributed by atoms with Crippen molar-refractivity contribution in [1.29, 1.82) is 0 Å². The van der Waals surface area contributed by atoms with Crippen LogP contribution in [-0.4, -0.2) is 41.3 Å². The zero-order valence-corrected chi connectivity index (χ0v) is 17.8. The topological polar surface area (TPSA) is 80.5 Å². The lowest BCUT2D eigenvalue weighted by atomic mass is 10.2. The Morgan fingerprint density at radius 1 is 1.07 bits per heavy atom. The molecule has 1 aliphatic rings. The van der Waals surface area contributed by atoms with Gasteiger partial charge in [-0.1, -0.05) is 35.7 Å². The first-order chi connectivity index (χ1) is 14.1. The summed E-state index contributed by atoms with van der Waals surface area (Å²) < 4.78 is 29.0. The third kappa shape index (κ3) is 3.17. The van der Waals surface area contributed by atoms with Crippen LogP contribution >= 0.6 is 22.9 Å². The van der Waals surface area contributed by atoms with Crippen molar-refractivity contribution in [2.45, 2.75) is 35.6 Å². The smallest absolute Gasteiger partial charge is 0.229 e. The molecule has 0 spiro atoms. The lowest BCUT2D eigenvalue weighted by molar-refractivity contribution is 0.592. The quantitative estimate of drug-likeness (QED) is 0.468. The van der Waals surface area contributed by atoms with Crippen molar-refractivity contribution in [2.75, 3.05) is 18.0 Å². The zero-order chi connectivity index (χ0) is 20.0. The standard InChI is InChI=1S/C19H18ClN5O2S2/c20-13-6-5-7-14(12-13)29(26,27)19-18-21-17(24-9-3-1-2-4-10-24)16-15(8-11-28-16)25(18)23-22-19/h5-8,11-12H,1-4,9-10H2. The van der Waals surface area contributed by atoms with Crippen LogP contribution in [0.5, 0.6) is 0 Å². The number of nitrogens with zero attached hydrogens (tertiary/aromatic N) is 5. The summed E-state index contributed by atoms with van der Waals surface area (Å²) in [4.78, 5) is 7.12. The van der Waals surface area contributed by atoms with E-state index in [1.54, 1.807) is 23.5 Å². The maximum atomic E-state index is 13.3. The fraction of sp³-hybridized carbons (Fsp3) is 0.316. The van der Waals surface area contributed by atoms with Gasteiger partial charge in [-0.15, -0.1) is 16.4 Å².